The largest absolute Gasteiger partial charge is 0.360 e. The van der Waals surface area contributed by atoms with Crippen LogP contribution in [0.4, 0.5) is 0 Å². The van der Waals surface area contributed by atoms with Crippen LogP contribution in [0.15, 0.2) is 55.1 Å². The molecule has 0 saturated carbocycles. The molecule has 3 aromatic heterocycles. The van der Waals surface area contributed by atoms with Gasteiger partial charge in [0.05, 0.1) is 17.0 Å². The van der Waals surface area contributed by atoms with Crippen molar-refractivity contribution in [1.29, 1.82) is 0 Å². The van der Waals surface area contributed by atoms with E-state index in [4.69, 9.17) is 0 Å². The zero-order chi connectivity index (χ0) is 17.8. The predicted octanol–water partition coefficient (Wildman–Crippen LogP) is 3.78. The van der Waals surface area contributed by atoms with E-state index in [1.807, 2.05) is 52.3 Å². The first-order chi connectivity index (χ1) is 12.8. The summed E-state index contributed by atoms with van der Waals surface area (Å²) in [5.74, 6) is 0.0840. The number of aromatic amines is 1. The molecule has 4 rings (SSSR count). The highest BCUT2D eigenvalue weighted by Gasteiger charge is 2.27. The van der Waals surface area contributed by atoms with Gasteiger partial charge in [-0.05, 0) is 56.0 Å². The third-order valence-electron chi connectivity index (χ3n) is 5.02. The number of nitrogens with one attached hydrogen (secondary N) is 1. The second kappa shape index (κ2) is 8.86. The van der Waals surface area contributed by atoms with Gasteiger partial charge >= 0.3 is 0 Å². The molecule has 1 unspecified atom stereocenters. The van der Waals surface area contributed by atoms with Gasteiger partial charge in [-0.15, -0.1) is 12.4 Å². The molecule has 0 radical (unpaired) electrons. The van der Waals surface area contributed by atoms with Crippen LogP contribution in [0.1, 0.15) is 36.0 Å². The SMILES string of the molecule is Cl.O=C(c1ccc(-c2ccc[nH]2)nc1)N1CCCCC1CCn1cccn1. The predicted molar refractivity (Wildman–Crippen MR) is 107 cm³/mol. The van der Waals surface area contributed by atoms with Gasteiger partial charge in [-0.1, -0.05) is 0 Å². The maximum absolute atomic E-state index is 13.0. The van der Waals surface area contributed by atoms with Crippen LogP contribution in [0.5, 0.6) is 0 Å². The molecule has 3 aromatic rings. The minimum Gasteiger partial charge on any atom is -0.360 e. The smallest absolute Gasteiger partial charge is 0.255 e. The van der Waals surface area contributed by atoms with Crippen LogP contribution in [0.3, 0.4) is 0 Å². The molecule has 142 valence electrons. The Balaban J connectivity index is 0.00000210. The van der Waals surface area contributed by atoms with Crippen molar-refractivity contribution in [2.45, 2.75) is 38.3 Å². The summed E-state index contributed by atoms with van der Waals surface area (Å²) >= 11 is 0. The second-order valence-electron chi connectivity index (χ2n) is 6.72. The van der Waals surface area contributed by atoms with Crippen LogP contribution in [-0.4, -0.2) is 43.1 Å². The van der Waals surface area contributed by atoms with E-state index in [0.29, 0.717) is 5.56 Å². The number of rotatable bonds is 5. The fourth-order valence-electron chi connectivity index (χ4n) is 3.62. The Kier molecular flexibility index (Phi) is 6.29. The van der Waals surface area contributed by atoms with Crippen molar-refractivity contribution >= 4 is 18.3 Å². The van der Waals surface area contributed by atoms with E-state index >= 15 is 0 Å². The van der Waals surface area contributed by atoms with Crippen LogP contribution in [0, 0.1) is 0 Å². The van der Waals surface area contributed by atoms with E-state index in [9.17, 15) is 4.79 Å². The maximum Gasteiger partial charge on any atom is 0.255 e. The first kappa shape index (κ1) is 19.2. The normalized spacial score (nSPS) is 16.7. The van der Waals surface area contributed by atoms with E-state index in [1.165, 1.54) is 6.42 Å². The van der Waals surface area contributed by atoms with Gasteiger partial charge in [0.15, 0.2) is 0 Å². The topological polar surface area (TPSA) is 66.8 Å². The molecule has 7 heteroatoms. The first-order valence-electron chi connectivity index (χ1n) is 9.19. The average Bonchev–Trinajstić information content (AvgIpc) is 3.40. The fourth-order valence-corrected chi connectivity index (χ4v) is 3.62. The molecule has 1 amide bonds. The van der Waals surface area contributed by atoms with Crippen LogP contribution in [0.25, 0.3) is 11.4 Å². The maximum atomic E-state index is 13.0. The summed E-state index contributed by atoms with van der Waals surface area (Å²) in [6, 6.07) is 9.89. The molecule has 1 aliphatic rings. The molecule has 1 N–H and O–H groups in total. The van der Waals surface area contributed by atoms with Gasteiger partial charge in [-0.3, -0.25) is 14.5 Å². The Morgan fingerprint density at radius 3 is 2.85 bits per heavy atom. The summed E-state index contributed by atoms with van der Waals surface area (Å²) in [5, 5.41) is 4.26. The number of hydrogen-bond donors (Lipinski definition) is 1. The fraction of sp³-hybridized carbons (Fsp3) is 0.350. The number of pyridine rings is 1. The minimum absolute atomic E-state index is 0. The zero-order valence-electron chi connectivity index (χ0n) is 15.1. The number of hydrogen-bond acceptors (Lipinski definition) is 3. The Morgan fingerprint density at radius 1 is 1.22 bits per heavy atom. The van der Waals surface area contributed by atoms with Crippen molar-refractivity contribution in [3.8, 4) is 11.4 Å². The first-order valence-corrected chi connectivity index (χ1v) is 9.19. The van der Waals surface area contributed by atoms with Gasteiger partial charge in [0.2, 0.25) is 0 Å². The lowest BCUT2D eigenvalue weighted by atomic mass is 9.98. The number of H-pyrrole nitrogens is 1. The number of carbonyl (C=O) groups excluding carboxylic acids is 1. The van der Waals surface area contributed by atoms with E-state index in [-0.39, 0.29) is 24.4 Å². The Labute approximate surface area is 165 Å². The van der Waals surface area contributed by atoms with Crippen LogP contribution in [-0.2, 0) is 6.54 Å². The van der Waals surface area contributed by atoms with E-state index in [1.54, 1.807) is 12.4 Å². The van der Waals surface area contributed by atoms with Gasteiger partial charge in [0.25, 0.3) is 5.91 Å². The number of carbonyl (C=O) groups is 1. The number of amides is 1. The lowest BCUT2D eigenvalue weighted by Gasteiger charge is -2.36. The highest BCUT2D eigenvalue weighted by atomic mass is 35.5. The van der Waals surface area contributed by atoms with Crippen LogP contribution in [0.2, 0.25) is 0 Å². The molecule has 1 saturated heterocycles. The van der Waals surface area contributed by atoms with E-state index in [2.05, 4.69) is 15.1 Å². The summed E-state index contributed by atoms with van der Waals surface area (Å²) in [7, 11) is 0. The van der Waals surface area contributed by atoms with Crippen molar-refractivity contribution in [3.63, 3.8) is 0 Å². The molecule has 0 aliphatic carbocycles. The molecule has 1 aliphatic heterocycles. The lowest BCUT2D eigenvalue weighted by Crippen LogP contribution is -2.44. The van der Waals surface area contributed by atoms with Crippen molar-refractivity contribution in [2.24, 2.45) is 0 Å². The monoisotopic (exact) mass is 385 g/mol. The zero-order valence-corrected chi connectivity index (χ0v) is 15.9. The summed E-state index contributed by atoms with van der Waals surface area (Å²) in [6.45, 7) is 1.66. The van der Waals surface area contributed by atoms with Gasteiger partial charge in [-0.2, -0.15) is 5.10 Å². The molecule has 6 nitrogen and oxygen atoms in total. The highest BCUT2D eigenvalue weighted by Crippen LogP contribution is 2.23. The Bertz CT molecular complexity index is 830. The van der Waals surface area contributed by atoms with Crippen molar-refractivity contribution in [2.75, 3.05) is 6.54 Å². The van der Waals surface area contributed by atoms with Crippen molar-refractivity contribution in [3.05, 3.63) is 60.7 Å². The number of likely N-dealkylation sites (tertiary alicyclic amines) is 1. The Hall–Kier alpha value is -2.60. The molecule has 1 fully saturated rings. The molecule has 4 heterocycles. The molecular formula is C20H24ClN5O. The van der Waals surface area contributed by atoms with Crippen LogP contribution < -0.4 is 0 Å². The average molecular weight is 386 g/mol. The minimum atomic E-state index is 0. The molecule has 1 atom stereocenters. The van der Waals surface area contributed by atoms with E-state index < -0.39 is 0 Å². The lowest BCUT2D eigenvalue weighted by molar-refractivity contribution is 0.0593. The number of aromatic nitrogens is 4. The Morgan fingerprint density at radius 2 is 2.15 bits per heavy atom. The summed E-state index contributed by atoms with van der Waals surface area (Å²) < 4.78 is 1.93. The van der Waals surface area contributed by atoms with Gasteiger partial charge in [0.1, 0.15) is 0 Å². The molecular weight excluding hydrogens is 362 g/mol. The third kappa shape index (κ3) is 4.39. The molecule has 0 bridgehead atoms. The van der Waals surface area contributed by atoms with Crippen molar-refractivity contribution < 1.29 is 4.79 Å². The third-order valence-corrected chi connectivity index (χ3v) is 5.02. The number of halogens is 1. The van der Waals surface area contributed by atoms with Gasteiger partial charge < -0.3 is 9.88 Å². The summed E-state index contributed by atoms with van der Waals surface area (Å²) in [6.07, 6.45) is 11.6. The number of piperidine rings is 1. The van der Waals surface area contributed by atoms with Crippen LogP contribution >= 0.6 is 12.4 Å². The number of aryl methyl sites for hydroxylation is 1. The molecule has 0 aromatic carbocycles. The van der Waals surface area contributed by atoms with Gasteiger partial charge in [0, 0.05) is 43.9 Å². The van der Waals surface area contributed by atoms with Gasteiger partial charge in [-0.25, -0.2) is 0 Å². The number of nitrogens with zero attached hydrogens (tertiary/aromatic N) is 4. The quantitative estimate of drug-likeness (QED) is 0.726. The van der Waals surface area contributed by atoms with E-state index in [0.717, 1.165) is 43.7 Å². The standard InChI is InChI=1S/C20H23N5O.ClH/c26-20(16-7-8-19(22-15-16)18-6-3-10-21-18)25-13-2-1-5-17(25)9-14-24-12-4-11-23-24;/h3-4,6-8,10-12,15,17,21H,1-2,5,9,13-14H2;1H. The summed E-state index contributed by atoms with van der Waals surface area (Å²) in [5.41, 5.74) is 2.46. The summed E-state index contributed by atoms with van der Waals surface area (Å²) in [4.78, 5) is 22.6. The second-order valence-corrected chi connectivity index (χ2v) is 6.72. The van der Waals surface area contributed by atoms with Crippen molar-refractivity contribution in [1.82, 2.24) is 24.6 Å². The molecule has 27 heavy (non-hydrogen) atoms. The highest BCUT2D eigenvalue weighted by molar-refractivity contribution is 5.94. The molecule has 0 spiro atoms.